The van der Waals surface area contributed by atoms with E-state index in [0.29, 0.717) is 11.7 Å². The van der Waals surface area contributed by atoms with Crippen LogP contribution in [0.4, 0.5) is 5.95 Å². The van der Waals surface area contributed by atoms with Crippen LogP contribution in [0.5, 0.6) is 11.5 Å². The van der Waals surface area contributed by atoms with Gasteiger partial charge in [-0.2, -0.15) is 0 Å². The van der Waals surface area contributed by atoms with Crippen LogP contribution in [-0.4, -0.2) is 9.97 Å². The molecular formula is C10H9BrN4O. The summed E-state index contributed by atoms with van der Waals surface area (Å²) in [5, 5.41) is 0. The van der Waals surface area contributed by atoms with Crippen molar-refractivity contribution in [3.63, 3.8) is 0 Å². The van der Waals surface area contributed by atoms with Crippen LogP contribution in [0, 0.1) is 0 Å². The molecule has 3 N–H and O–H groups in total. The molecule has 2 rings (SSSR count). The van der Waals surface area contributed by atoms with E-state index in [1.165, 1.54) is 0 Å². The van der Waals surface area contributed by atoms with Gasteiger partial charge in [0.15, 0.2) is 5.75 Å². The van der Waals surface area contributed by atoms with E-state index >= 15 is 0 Å². The van der Waals surface area contributed by atoms with Gasteiger partial charge in [0.2, 0.25) is 5.95 Å². The number of aromatic nitrogens is 2. The number of hydrazine groups is 1. The third-order valence-corrected chi connectivity index (χ3v) is 2.34. The zero-order chi connectivity index (χ0) is 11.4. The van der Waals surface area contributed by atoms with Gasteiger partial charge < -0.3 is 4.74 Å². The molecule has 6 heteroatoms. The Balaban J connectivity index is 2.11. The number of hydrogen-bond donors (Lipinski definition) is 2. The number of nitrogens with zero attached hydrogens (tertiary/aromatic N) is 2. The largest absolute Gasteiger partial charge is 0.454 e. The van der Waals surface area contributed by atoms with Gasteiger partial charge >= 0.3 is 0 Å². The van der Waals surface area contributed by atoms with E-state index in [0.717, 1.165) is 10.2 Å². The summed E-state index contributed by atoms with van der Waals surface area (Å²) in [6.45, 7) is 0. The Morgan fingerprint density at radius 3 is 2.25 bits per heavy atom. The minimum Gasteiger partial charge on any atom is -0.454 e. The minimum atomic E-state index is 0.350. The fourth-order valence-corrected chi connectivity index (χ4v) is 1.35. The fourth-order valence-electron chi connectivity index (χ4n) is 1.08. The number of nitrogen functional groups attached to an aromatic ring is 1. The summed E-state index contributed by atoms with van der Waals surface area (Å²) in [5.41, 5.74) is 2.34. The highest BCUT2D eigenvalue weighted by Crippen LogP contribution is 2.22. The molecule has 0 saturated heterocycles. The molecule has 2 aromatic rings. The lowest BCUT2D eigenvalue weighted by Gasteiger charge is -2.05. The summed E-state index contributed by atoms with van der Waals surface area (Å²) in [4.78, 5) is 7.86. The number of halogens is 1. The molecule has 5 nitrogen and oxygen atoms in total. The van der Waals surface area contributed by atoms with Crippen molar-refractivity contribution in [3.8, 4) is 11.5 Å². The quantitative estimate of drug-likeness (QED) is 0.667. The number of hydrogen-bond acceptors (Lipinski definition) is 5. The van der Waals surface area contributed by atoms with Crippen molar-refractivity contribution in [2.24, 2.45) is 5.84 Å². The Hall–Kier alpha value is -1.66. The van der Waals surface area contributed by atoms with Crippen LogP contribution < -0.4 is 16.0 Å². The van der Waals surface area contributed by atoms with Crippen molar-refractivity contribution in [1.82, 2.24) is 9.97 Å². The van der Waals surface area contributed by atoms with E-state index in [1.54, 1.807) is 12.4 Å². The first kappa shape index (κ1) is 10.8. The van der Waals surface area contributed by atoms with Gasteiger partial charge in [-0.05, 0) is 24.3 Å². The predicted molar refractivity (Wildman–Crippen MR) is 64.1 cm³/mol. The average Bonchev–Trinajstić information content (AvgIpc) is 2.33. The van der Waals surface area contributed by atoms with Crippen molar-refractivity contribution in [2.45, 2.75) is 0 Å². The SMILES string of the molecule is NNc1ncc(Oc2ccc(Br)cc2)cn1. The predicted octanol–water partition coefficient (Wildman–Crippen LogP) is 2.32. The van der Waals surface area contributed by atoms with Crippen LogP contribution in [0.1, 0.15) is 0 Å². The normalized spacial score (nSPS) is 9.88. The van der Waals surface area contributed by atoms with Crippen LogP contribution in [0.25, 0.3) is 0 Å². The number of anilines is 1. The summed E-state index contributed by atoms with van der Waals surface area (Å²) in [6, 6.07) is 7.48. The van der Waals surface area contributed by atoms with Crippen LogP contribution in [0.3, 0.4) is 0 Å². The Labute approximate surface area is 101 Å². The lowest BCUT2D eigenvalue weighted by atomic mass is 10.3. The maximum Gasteiger partial charge on any atom is 0.237 e. The van der Waals surface area contributed by atoms with E-state index in [9.17, 15) is 0 Å². The molecule has 0 spiro atoms. The van der Waals surface area contributed by atoms with Crippen molar-refractivity contribution in [3.05, 3.63) is 41.1 Å². The molecule has 1 aromatic heterocycles. The topological polar surface area (TPSA) is 73.1 Å². The van der Waals surface area contributed by atoms with Gasteiger partial charge in [-0.15, -0.1) is 0 Å². The molecule has 1 aromatic carbocycles. The van der Waals surface area contributed by atoms with E-state index in [-0.39, 0.29) is 0 Å². The molecule has 0 aliphatic rings. The van der Waals surface area contributed by atoms with Gasteiger partial charge in [-0.3, -0.25) is 5.43 Å². The van der Waals surface area contributed by atoms with Crippen molar-refractivity contribution >= 4 is 21.9 Å². The monoisotopic (exact) mass is 280 g/mol. The van der Waals surface area contributed by atoms with Crippen LogP contribution in [0.15, 0.2) is 41.1 Å². The summed E-state index contributed by atoms with van der Waals surface area (Å²) in [5.74, 6) is 6.78. The molecule has 0 amide bonds. The zero-order valence-corrected chi connectivity index (χ0v) is 9.81. The molecule has 0 aliphatic carbocycles. The molecular weight excluding hydrogens is 272 g/mol. The summed E-state index contributed by atoms with van der Waals surface area (Å²) in [6.07, 6.45) is 3.09. The fraction of sp³-hybridized carbons (Fsp3) is 0. The Morgan fingerprint density at radius 2 is 1.69 bits per heavy atom. The molecule has 0 bridgehead atoms. The number of ether oxygens (including phenoxy) is 1. The van der Waals surface area contributed by atoms with Gasteiger partial charge in [-0.25, -0.2) is 15.8 Å². The minimum absolute atomic E-state index is 0.350. The van der Waals surface area contributed by atoms with Crippen LogP contribution in [0.2, 0.25) is 0 Å². The van der Waals surface area contributed by atoms with Gasteiger partial charge in [0, 0.05) is 4.47 Å². The number of nitrogens with two attached hydrogens (primary N) is 1. The highest BCUT2D eigenvalue weighted by molar-refractivity contribution is 9.10. The molecule has 0 fully saturated rings. The Kier molecular flexibility index (Phi) is 3.33. The lowest BCUT2D eigenvalue weighted by molar-refractivity contribution is 0.477. The second-order valence-corrected chi connectivity index (χ2v) is 3.86. The highest BCUT2D eigenvalue weighted by atomic mass is 79.9. The summed E-state index contributed by atoms with van der Waals surface area (Å²) < 4.78 is 6.52. The van der Waals surface area contributed by atoms with Crippen molar-refractivity contribution in [1.29, 1.82) is 0 Å². The van der Waals surface area contributed by atoms with Crippen LogP contribution >= 0.6 is 15.9 Å². The average molecular weight is 281 g/mol. The van der Waals surface area contributed by atoms with Gasteiger partial charge in [-0.1, -0.05) is 15.9 Å². The number of rotatable bonds is 3. The first-order valence-corrected chi connectivity index (χ1v) is 5.29. The maximum atomic E-state index is 5.52. The molecule has 0 saturated carbocycles. The van der Waals surface area contributed by atoms with E-state index < -0.39 is 0 Å². The first-order chi connectivity index (χ1) is 7.78. The number of benzene rings is 1. The molecule has 16 heavy (non-hydrogen) atoms. The van der Waals surface area contributed by atoms with Crippen molar-refractivity contribution < 1.29 is 4.74 Å². The molecule has 0 aliphatic heterocycles. The third-order valence-electron chi connectivity index (χ3n) is 1.81. The van der Waals surface area contributed by atoms with E-state index in [2.05, 4.69) is 31.3 Å². The van der Waals surface area contributed by atoms with Crippen LogP contribution in [-0.2, 0) is 0 Å². The van der Waals surface area contributed by atoms with Crippen molar-refractivity contribution in [2.75, 3.05) is 5.43 Å². The molecule has 0 atom stereocenters. The highest BCUT2D eigenvalue weighted by Gasteiger charge is 1.99. The second kappa shape index (κ2) is 4.91. The molecule has 82 valence electrons. The van der Waals surface area contributed by atoms with Gasteiger partial charge in [0.05, 0.1) is 12.4 Å². The standard InChI is InChI=1S/C10H9BrN4O/c11-7-1-3-8(4-2-7)16-9-5-13-10(15-12)14-6-9/h1-6H,12H2,(H,13,14,15). The van der Waals surface area contributed by atoms with Gasteiger partial charge in [0.25, 0.3) is 0 Å². The number of nitrogens with one attached hydrogen (secondary N) is 1. The summed E-state index contributed by atoms with van der Waals surface area (Å²) in [7, 11) is 0. The Morgan fingerprint density at radius 1 is 1.06 bits per heavy atom. The molecule has 1 heterocycles. The zero-order valence-electron chi connectivity index (χ0n) is 8.22. The molecule has 0 radical (unpaired) electrons. The third kappa shape index (κ3) is 2.68. The summed E-state index contributed by atoms with van der Waals surface area (Å²) >= 11 is 3.35. The van der Waals surface area contributed by atoms with E-state index in [4.69, 9.17) is 10.6 Å². The smallest absolute Gasteiger partial charge is 0.237 e. The van der Waals surface area contributed by atoms with Gasteiger partial charge in [0.1, 0.15) is 5.75 Å². The molecule has 0 unspecified atom stereocenters. The van der Waals surface area contributed by atoms with E-state index in [1.807, 2.05) is 24.3 Å². The Bertz CT molecular complexity index is 457. The lowest BCUT2D eigenvalue weighted by Crippen LogP contribution is -2.09. The second-order valence-electron chi connectivity index (χ2n) is 2.94. The first-order valence-electron chi connectivity index (χ1n) is 4.50. The maximum absolute atomic E-state index is 5.52.